The fourth-order valence-electron chi connectivity index (χ4n) is 2.66. The molecule has 0 fully saturated rings. The molecule has 3 rings (SSSR count). The SMILES string of the molecule is CCC(Nc1cccc(Cn2cccn2)c1)c1ccc(F)cc1. The molecule has 0 aliphatic carbocycles. The molecule has 23 heavy (non-hydrogen) atoms. The molecular weight excluding hydrogens is 289 g/mol. The second kappa shape index (κ2) is 7.09. The number of aromatic nitrogens is 2. The molecule has 1 N–H and O–H groups in total. The van der Waals surface area contributed by atoms with Crippen molar-refractivity contribution >= 4 is 5.69 Å². The van der Waals surface area contributed by atoms with E-state index in [0.29, 0.717) is 0 Å². The van der Waals surface area contributed by atoms with Crippen LogP contribution >= 0.6 is 0 Å². The van der Waals surface area contributed by atoms with Gasteiger partial charge in [-0.15, -0.1) is 0 Å². The van der Waals surface area contributed by atoms with Crippen molar-refractivity contribution in [3.05, 3.63) is 83.9 Å². The molecule has 0 aliphatic heterocycles. The Morgan fingerprint density at radius 2 is 1.96 bits per heavy atom. The molecule has 0 radical (unpaired) electrons. The number of nitrogens with zero attached hydrogens (tertiary/aromatic N) is 2. The van der Waals surface area contributed by atoms with Crippen molar-refractivity contribution < 1.29 is 4.39 Å². The Balaban J connectivity index is 1.74. The van der Waals surface area contributed by atoms with Gasteiger partial charge in [0.2, 0.25) is 0 Å². The Hall–Kier alpha value is -2.62. The standard InChI is InChI=1S/C19H20FN3/c1-2-19(16-7-9-17(20)10-8-16)22-18-6-3-5-15(13-18)14-23-12-4-11-21-23/h3-13,19,22H,2,14H2,1H3. The number of hydrogen-bond acceptors (Lipinski definition) is 2. The Morgan fingerprint density at radius 3 is 2.65 bits per heavy atom. The lowest BCUT2D eigenvalue weighted by Crippen LogP contribution is -2.10. The first kappa shape index (κ1) is 15.3. The Labute approximate surface area is 135 Å². The minimum absolute atomic E-state index is 0.163. The monoisotopic (exact) mass is 309 g/mol. The van der Waals surface area contributed by atoms with Crippen molar-refractivity contribution in [2.45, 2.75) is 25.9 Å². The molecule has 1 unspecified atom stereocenters. The van der Waals surface area contributed by atoms with E-state index in [1.165, 1.54) is 17.7 Å². The normalized spacial score (nSPS) is 12.1. The van der Waals surface area contributed by atoms with Crippen molar-refractivity contribution in [1.29, 1.82) is 0 Å². The number of rotatable bonds is 6. The summed E-state index contributed by atoms with van der Waals surface area (Å²) in [6.07, 6.45) is 4.66. The Kier molecular flexibility index (Phi) is 4.71. The Morgan fingerprint density at radius 1 is 1.13 bits per heavy atom. The first-order valence-electron chi connectivity index (χ1n) is 7.83. The van der Waals surface area contributed by atoms with Gasteiger partial charge >= 0.3 is 0 Å². The van der Waals surface area contributed by atoms with Gasteiger partial charge in [-0.1, -0.05) is 31.2 Å². The molecule has 0 saturated carbocycles. The predicted molar refractivity (Wildman–Crippen MR) is 90.8 cm³/mol. The third-order valence-electron chi connectivity index (χ3n) is 3.85. The van der Waals surface area contributed by atoms with Gasteiger partial charge in [-0.25, -0.2) is 4.39 Å². The second-order valence-electron chi connectivity index (χ2n) is 5.56. The highest BCUT2D eigenvalue weighted by molar-refractivity contribution is 5.48. The van der Waals surface area contributed by atoms with Crippen LogP contribution in [0.25, 0.3) is 0 Å². The molecule has 0 spiro atoms. The van der Waals surface area contributed by atoms with Gasteiger partial charge in [0, 0.05) is 18.1 Å². The maximum Gasteiger partial charge on any atom is 0.123 e. The fourth-order valence-corrected chi connectivity index (χ4v) is 2.66. The first-order chi connectivity index (χ1) is 11.2. The summed E-state index contributed by atoms with van der Waals surface area (Å²) in [6.45, 7) is 2.87. The van der Waals surface area contributed by atoms with Crippen LogP contribution in [0, 0.1) is 5.82 Å². The maximum absolute atomic E-state index is 13.1. The molecule has 2 aromatic carbocycles. The van der Waals surface area contributed by atoms with Gasteiger partial charge in [-0.3, -0.25) is 4.68 Å². The molecular formula is C19H20FN3. The van der Waals surface area contributed by atoms with Crippen molar-refractivity contribution in [1.82, 2.24) is 9.78 Å². The smallest absolute Gasteiger partial charge is 0.123 e. The quantitative estimate of drug-likeness (QED) is 0.719. The van der Waals surface area contributed by atoms with Crippen LogP contribution in [-0.4, -0.2) is 9.78 Å². The number of anilines is 1. The summed E-state index contributed by atoms with van der Waals surface area (Å²) in [4.78, 5) is 0. The van der Waals surface area contributed by atoms with Crippen molar-refractivity contribution in [3.63, 3.8) is 0 Å². The van der Waals surface area contributed by atoms with Gasteiger partial charge < -0.3 is 5.32 Å². The summed E-state index contributed by atoms with van der Waals surface area (Å²) in [6, 6.07) is 17.1. The zero-order chi connectivity index (χ0) is 16.1. The van der Waals surface area contributed by atoms with Gasteiger partial charge in [-0.05, 0) is 47.9 Å². The molecule has 1 aromatic heterocycles. The lowest BCUT2D eigenvalue weighted by atomic mass is 10.0. The van der Waals surface area contributed by atoms with Crippen LogP contribution in [0.5, 0.6) is 0 Å². The summed E-state index contributed by atoms with van der Waals surface area (Å²) >= 11 is 0. The van der Waals surface area contributed by atoms with Crippen LogP contribution in [0.2, 0.25) is 0 Å². The van der Waals surface area contributed by atoms with Crippen molar-refractivity contribution in [2.24, 2.45) is 0 Å². The van der Waals surface area contributed by atoms with Crippen molar-refractivity contribution in [3.8, 4) is 0 Å². The molecule has 1 atom stereocenters. The van der Waals surface area contributed by atoms with Crippen LogP contribution in [-0.2, 0) is 6.54 Å². The molecule has 0 saturated heterocycles. The van der Waals surface area contributed by atoms with Gasteiger partial charge in [-0.2, -0.15) is 5.10 Å². The second-order valence-corrected chi connectivity index (χ2v) is 5.56. The van der Waals surface area contributed by atoms with E-state index < -0.39 is 0 Å². The van der Waals surface area contributed by atoms with E-state index in [1.807, 2.05) is 35.1 Å². The molecule has 0 bridgehead atoms. The molecule has 3 nitrogen and oxygen atoms in total. The van der Waals surface area contributed by atoms with Crippen LogP contribution in [0.15, 0.2) is 67.0 Å². The third kappa shape index (κ3) is 3.97. The van der Waals surface area contributed by atoms with Gasteiger partial charge in [0.15, 0.2) is 0 Å². The van der Waals surface area contributed by atoms with Gasteiger partial charge in [0.25, 0.3) is 0 Å². The third-order valence-corrected chi connectivity index (χ3v) is 3.85. The minimum Gasteiger partial charge on any atom is -0.378 e. The molecule has 1 heterocycles. The zero-order valence-corrected chi connectivity index (χ0v) is 13.1. The summed E-state index contributed by atoms with van der Waals surface area (Å²) < 4.78 is 15.0. The highest BCUT2D eigenvalue weighted by atomic mass is 19.1. The van der Waals surface area contributed by atoms with E-state index in [2.05, 4.69) is 35.5 Å². The largest absolute Gasteiger partial charge is 0.378 e. The summed E-state index contributed by atoms with van der Waals surface area (Å²) in [5, 5.41) is 7.77. The molecule has 4 heteroatoms. The van der Waals surface area contributed by atoms with Crippen LogP contribution in [0.1, 0.15) is 30.5 Å². The van der Waals surface area contributed by atoms with E-state index in [4.69, 9.17) is 0 Å². The first-order valence-corrected chi connectivity index (χ1v) is 7.83. The Bertz CT molecular complexity index is 736. The summed E-state index contributed by atoms with van der Waals surface area (Å²) in [5.41, 5.74) is 3.34. The molecule has 118 valence electrons. The summed E-state index contributed by atoms with van der Waals surface area (Å²) in [7, 11) is 0. The zero-order valence-electron chi connectivity index (χ0n) is 13.1. The number of hydrogen-bond donors (Lipinski definition) is 1. The fraction of sp³-hybridized carbons (Fsp3) is 0.211. The lowest BCUT2D eigenvalue weighted by Gasteiger charge is -2.19. The van der Waals surface area contributed by atoms with Crippen molar-refractivity contribution in [2.75, 3.05) is 5.32 Å². The molecule has 0 aliphatic rings. The minimum atomic E-state index is -0.204. The van der Waals surface area contributed by atoms with E-state index in [1.54, 1.807) is 6.20 Å². The van der Waals surface area contributed by atoms with Crippen LogP contribution in [0.3, 0.4) is 0 Å². The van der Waals surface area contributed by atoms with Gasteiger partial charge in [0.1, 0.15) is 5.82 Å². The van der Waals surface area contributed by atoms with Crippen LogP contribution in [0.4, 0.5) is 10.1 Å². The molecule has 3 aromatic rings. The van der Waals surface area contributed by atoms with E-state index in [9.17, 15) is 4.39 Å². The number of benzene rings is 2. The van der Waals surface area contributed by atoms with E-state index >= 15 is 0 Å². The highest BCUT2D eigenvalue weighted by Crippen LogP contribution is 2.23. The predicted octanol–water partition coefficient (Wildman–Crippen LogP) is 4.63. The van der Waals surface area contributed by atoms with E-state index in [-0.39, 0.29) is 11.9 Å². The summed E-state index contributed by atoms with van der Waals surface area (Å²) in [5.74, 6) is -0.204. The average molecular weight is 309 g/mol. The highest BCUT2D eigenvalue weighted by Gasteiger charge is 2.09. The number of halogens is 1. The topological polar surface area (TPSA) is 29.9 Å². The van der Waals surface area contributed by atoms with Gasteiger partial charge in [0.05, 0.1) is 12.6 Å². The van der Waals surface area contributed by atoms with Crippen LogP contribution < -0.4 is 5.32 Å². The lowest BCUT2D eigenvalue weighted by molar-refractivity contribution is 0.625. The molecule has 0 amide bonds. The average Bonchev–Trinajstić information content (AvgIpc) is 3.07. The maximum atomic E-state index is 13.1. The number of nitrogens with one attached hydrogen (secondary N) is 1. The van der Waals surface area contributed by atoms with E-state index in [0.717, 1.165) is 24.2 Å².